The molecule has 0 spiro atoms. The van der Waals surface area contributed by atoms with Crippen LogP contribution in [0.1, 0.15) is 32.2 Å². The summed E-state index contributed by atoms with van der Waals surface area (Å²) in [5.74, 6) is -2.49. The molecule has 23 heavy (non-hydrogen) atoms. The van der Waals surface area contributed by atoms with Gasteiger partial charge in [0.05, 0.1) is 11.8 Å². The topological polar surface area (TPSA) is 77.3 Å². The summed E-state index contributed by atoms with van der Waals surface area (Å²) in [6.07, 6.45) is 0. The molecule has 0 amide bonds. The predicted molar refractivity (Wildman–Crippen MR) is 87.3 cm³/mol. The number of halogens is 1. The molecule has 0 N–H and O–H groups in total. The smallest absolute Gasteiger partial charge is 0.211 e. The van der Waals surface area contributed by atoms with Crippen molar-refractivity contribution in [2.24, 2.45) is 5.92 Å². The number of ketones is 2. The number of benzene rings is 2. The number of nitro groups is 1. The Labute approximate surface area is 140 Å². The van der Waals surface area contributed by atoms with Crippen LogP contribution >= 0.6 is 15.9 Å². The van der Waals surface area contributed by atoms with Gasteiger partial charge < -0.3 is 0 Å². The molecule has 0 saturated heterocycles. The predicted octanol–water partition coefficient (Wildman–Crippen LogP) is 3.50. The fourth-order valence-electron chi connectivity index (χ4n) is 3.03. The van der Waals surface area contributed by atoms with Crippen LogP contribution in [-0.2, 0) is 0 Å². The lowest BCUT2D eigenvalue weighted by molar-refractivity contribution is -0.484. The highest BCUT2D eigenvalue weighted by molar-refractivity contribution is 9.10. The minimum Gasteiger partial charge on any atom is -0.293 e. The zero-order valence-corrected chi connectivity index (χ0v) is 13.5. The molecular formula is C17H12BrNO4. The van der Waals surface area contributed by atoms with Gasteiger partial charge in [-0.25, -0.2) is 0 Å². The van der Waals surface area contributed by atoms with Crippen LogP contribution in [0.3, 0.4) is 0 Å². The van der Waals surface area contributed by atoms with E-state index in [1.165, 1.54) is 0 Å². The average molecular weight is 374 g/mol. The minimum absolute atomic E-state index is 0.336. The first-order chi connectivity index (χ1) is 11.0. The van der Waals surface area contributed by atoms with Gasteiger partial charge in [0.15, 0.2) is 11.6 Å². The first kappa shape index (κ1) is 15.6. The largest absolute Gasteiger partial charge is 0.293 e. The Morgan fingerprint density at radius 1 is 1.04 bits per heavy atom. The second-order valence-corrected chi connectivity index (χ2v) is 6.34. The monoisotopic (exact) mass is 373 g/mol. The Balaban J connectivity index is 2.07. The summed E-state index contributed by atoms with van der Waals surface area (Å²) in [4.78, 5) is 35.9. The molecule has 6 heteroatoms. The number of carbonyl (C=O) groups excluding carboxylic acids is 2. The van der Waals surface area contributed by atoms with Crippen molar-refractivity contribution in [2.75, 3.05) is 6.54 Å². The highest BCUT2D eigenvalue weighted by Crippen LogP contribution is 2.37. The van der Waals surface area contributed by atoms with Gasteiger partial charge in [0.1, 0.15) is 0 Å². The van der Waals surface area contributed by atoms with Crippen molar-refractivity contribution in [3.05, 3.63) is 79.8 Å². The van der Waals surface area contributed by atoms with Crippen molar-refractivity contribution in [2.45, 2.75) is 5.92 Å². The van der Waals surface area contributed by atoms with Crippen molar-refractivity contribution in [1.82, 2.24) is 0 Å². The van der Waals surface area contributed by atoms with E-state index in [-0.39, 0.29) is 11.6 Å². The molecule has 2 aromatic carbocycles. The van der Waals surface area contributed by atoms with Crippen molar-refractivity contribution in [3.63, 3.8) is 0 Å². The number of fused-ring (bicyclic) bond motifs is 1. The summed E-state index contributed by atoms with van der Waals surface area (Å²) in [6.45, 7) is -0.466. The van der Waals surface area contributed by atoms with Gasteiger partial charge in [-0.1, -0.05) is 52.3 Å². The fourth-order valence-corrected chi connectivity index (χ4v) is 3.45. The normalized spacial score (nSPS) is 15.5. The molecule has 0 aromatic heterocycles. The molecule has 0 fully saturated rings. The van der Waals surface area contributed by atoms with Gasteiger partial charge in [-0.2, -0.15) is 0 Å². The van der Waals surface area contributed by atoms with Gasteiger partial charge in [-0.3, -0.25) is 19.7 Å². The van der Waals surface area contributed by atoms with E-state index >= 15 is 0 Å². The number of nitrogens with zero attached hydrogens (tertiary/aromatic N) is 1. The first-order valence-corrected chi connectivity index (χ1v) is 7.83. The van der Waals surface area contributed by atoms with E-state index in [4.69, 9.17) is 0 Å². The van der Waals surface area contributed by atoms with Crippen LogP contribution < -0.4 is 0 Å². The van der Waals surface area contributed by atoms with Gasteiger partial charge >= 0.3 is 0 Å². The van der Waals surface area contributed by atoms with Gasteiger partial charge in [0.2, 0.25) is 6.54 Å². The summed E-state index contributed by atoms with van der Waals surface area (Å²) >= 11 is 3.32. The SMILES string of the molecule is O=C1c2ccccc2C(=O)C1[C@H](C[N+](=O)[O-])c1cccc(Br)c1. The lowest BCUT2D eigenvalue weighted by atomic mass is 9.83. The minimum atomic E-state index is -1.04. The number of Topliss-reactive ketones (excluding diaryl/α,β-unsaturated/α-hetero) is 2. The van der Waals surface area contributed by atoms with E-state index in [1.54, 1.807) is 48.5 Å². The number of rotatable bonds is 4. The highest BCUT2D eigenvalue weighted by Gasteiger charge is 2.45. The van der Waals surface area contributed by atoms with Crippen LogP contribution in [0.5, 0.6) is 0 Å². The summed E-state index contributed by atoms with van der Waals surface area (Å²) in [5, 5.41) is 11.1. The Bertz CT molecular complexity index is 783. The molecular weight excluding hydrogens is 362 g/mol. The second kappa shape index (κ2) is 6.04. The van der Waals surface area contributed by atoms with Crippen molar-refractivity contribution in [3.8, 4) is 0 Å². The Morgan fingerprint density at radius 2 is 1.65 bits per heavy atom. The van der Waals surface area contributed by atoms with Crippen LogP contribution in [0.2, 0.25) is 0 Å². The lowest BCUT2D eigenvalue weighted by Gasteiger charge is -2.18. The molecule has 0 unspecified atom stereocenters. The number of carbonyl (C=O) groups is 2. The Morgan fingerprint density at radius 3 is 2.17 bits per heavy atom. The molecule has 0 aliphatic heterocycles. The van der Waals surface area contributed by atoms with Gasteiger partial charge in [0.25, 0.3) is 0 Å². The molecule has 3 rings (SSSR count). The van der Waals surface area contributed by atoms with Crippen molar-refractivity contribution >= 4 is 27.5 Å². The van der Waals surface area contributed by atoms with E-state index in [0.29, 0.717) is 16.7 Å². The zero-order valence-electron chi connectivity index (χ0n) is 11.9. The van der Waals surface area contributed by atoms with Crippen LogP contribution in [0, 0.1) is 16.0 Å². The maximum Gasteiger partial charge on any atom is 0.211 e. The van der Waals surface area contributed by atoms with Gasteiger partial charge in [0, 0.05) is 20.5 Å². The Hall–Kier alpha value is -2.34. The van der Waals surface area contributed by atoms with Crippen LogP contribution in [0.25, 0.3) is 0 Å². The van der Waals surface area contributed by atoms with Crippen molar-refractivity contribution in [1.29, 1.82) is 0 Å². The fraction of sp³-hybridized carbons (Fsp3) is 0.176. The van der Waals surface area contributed by atoms with Gasteiger partial charge in [-0.15, -0.1) is 0 Å². The first-order valence-electron chi connectivity index (χ1n) is 7.03. The van der Waals surface area contributed by atoms with E-state index in [1.807, 2.05) is 0 Å². The van der Waals surface area contributed by atoms with E-state index in [9.17, 15) is 19.7 Å². The van der Waals surface area contributed by atoms with E-state index < -0.39 is 23.3 Å². The molecule has 0 saturated carbocycles. The standard InChI is InChI=1S/C17H12BrNO4/c18-11-5-3-4-10(8-11)14(9-19(22)23)15-16(20)12-6-1-2-7-13(12)17(15)21/h1-8,14-15H,9H2/t14-/m1/s1. The average Bonchev–Trinajstić information content (AvgIpc) is 2.77. The quantitative estimate of drug-likeness (QED) is 0.466. The zero-order chi connectivity index (χ0) is 16.6. The molecule has 0 bridgehead atoms. The lowest BCUT2D eigenvalue weighted by Crippen LogP contribution is -2.29. The summed E-state index contributed by atoms with van der Waals surface area (Å²) in [7, 11) is 0. The third kappa shape index (κ3) is 2.82. The summed E-state index contributed by atoms with van der Waals surface area (Å²) in [5.41, 5.74) is 1.31. The highest BCUT2D eigenvalue weighted by atomic mass is 79.9. The molecule has 1 atom stereocenters. The Kier molecular flexibility index (Phi) is 4.09. The molecule has 1 aliphatic rings. The molecule has 0 radical (unpaired) electrons. The number of hydrogen-bond acceptors (Lipinski definition) is 4. The summed E-state index contributed by atoms with van der Waals surface area (Å²) in [6, 6.07) is 13.5. The van der Waals surface area contributed by atoms with Crippen LogP contribution in [0.15, 0.2) is 53.0 Å². The van der Waals surface area contributed by atoms with Crippen LogP contribution in [0.4, 0.5) is 0 Å². The second-order valence-electron chi connectivity index (χ2n) is 5.43. The molecule has 116 valence electrons. The molecule has 5 nitrogen and oxygen atoms in total. The maximum atomic E-state index is 12.6. The maximum absolute atomic E-state index is 12.6. The van der Waals surface area contributed by atoms with Crippen LogP contribution in [-0.4, -0.2) is 23.0 Å². The summed E-state index contributed by atoms with van der Waals surface area (Å²) < 4.78 is 0.749. The molecule has 0 heterocycles. The third-order valence-electron chi connectivity index (χ3n) is 4.05. The third-order valence-corrected chi connectivity index (χ3v) is 4.54. The molecule has 2 aromatic rings. The van der Waals surface area contributed by atoms with Crippen molar-refractivity contribution < 1.29 is 14.5 Å². The van der Waals surface area contributed by atoms with Gasteiger partial charge in [-0.05, 0) is 17.7 Å². The molecule has 1 aliphatic carbocycles. The number of hydrogen-bond donors (Lipinski definition) is 0. The van der Waals surface area contributed by atoms with E-state index in [2.05, 4.69) is 15.9 Å². The van der Waals surface area contributed by atoms with E-state index in [0.717, 1.165) is 4.47 Å².